The molecule has 1 fully saturated rings. The molecule has 1 aliphatic rings. The van der Waals surface area contributed by atoms with Gasteiger partial charge in [0.05, 0.1) is 6.26 Å². The first-order chi connectivity index (χ1) is 12.7. The lowest BCUT2D eigenvalue weighted by Gasteiger charge is -2.18. The second-order valence-corrected chi connectivity index (χ2v) is 6.16. The van der Waals surface area contributed by atoms with Crippen LogP contribution in [-0.2, 0) is 11.2 Å². The van der Waals surface area contributed by atoms with E-state index in [4.69, 9.17) is 4.42 Å². The predicted octanol–water partition coefficient (Wildman–Crippen LogP) is 1.40. The number of carbonyl (C=O) groups is 1. The molecule has 1 atom stereocenters. The summed E-state index contributed by atoms with van der Waals surface area (Å²) in [5.74, 6) is 2.91. The summed E-state index contributed by atoms with van der Waals surface area (Å²) in [6.07, 6.45) is 3.76. The lowest BCUT2D eigenvalue weighted by Crippen LogP contribution is -2.45. The molecule has 0 bridgehead atoms. The van der Waals surface area contributed by atoms with Crippen molar-refractivity contribution in [3.63, 3.8) is 0 Å². The standard InChI is InChI=1S/C17H25N7O2.HI/c1-3-15(25)24-9-7-12(11-24)20-17(18-2)19-8-6-14-21-16(23-22-14)13-5-4-10-26-13;/h4-5,10,12H,3,6-9,11H2,1-2H3,(H2,18,19,20)(H,21,22,23);1H. The monoisotopic (exact) mass is 487 g/mol. The molecule has 148 valence electrons. The van der Waals surface area contributed by atoms with Gasteiger partial charge < -0.3 is 20.0 Å². The number of aromatic amines is 1. The van der Waals surface area contributed by atoms with Crippen molar-refractivity contribution in [3.8, 4) is 11.6 Å². The number of aliphatic imine (C=N–C) groups is 1. The predicted molar refractivity (Wildman–Crippen MR) is 113 cm³/mol. The minimum absolute atomic E-state index is 0. The maximum atomic E-state index is 11.8. The Morgan fingerprint density at radius 3 is 3.07 bits per heavy atom. The van der Waals surface area contributed by atoms with Crippen molar-refractivity contribution in [1.29, 1.82) is 0 Å². The molecular weight excluding hydrogens is 461 g/mol. The summed E-state index contributed by atoms with van der Waals surface area (Å²) in [5.41, 5.74) is 0. The molecule has 1 unspecified atom stereocenters. The number of halogens is 1. The van der Waals surface area contributed by atoms with Crippen LogP contribution in [0.3, 0.4) is 0 Å². The molecule has 2 aromatic rings. The number of nitrogens with zero attached hydrogens (tertiary/aromatic N) is 4. The third kappa shape index (κ3) is 5.68. The highest BCUT2D eigenvalue weighted by atomic mass is 127. The maximum Gasteiger partial charge on any atom is 0.222 e. The van der Waals surface area contributed by atoms with E-state index in [0.29, 0.717) is 31.0 Å². The summed E-state index contributed by atoms with van der Waals surface area (Å²) >= 11 is 0. The van der Waals surface area contributed by atoms with Crippen molar-refractivity contribution in [2.45, 2.75) is 32.2 Å². The van der Waals surface area contributed by atoms with Crippen LogP contribution in [0.2, 0.25) is 0 Å². The van der Waals surface area contributed by atoms with Gasteiger partial charge in [0.25, 0.3) is 0 Å². The zero-order valence-corrected chi connectivity index (χ0v) is 17.9. The molecule has 9 nitrogen and oxygen atoms in total. The summed E-state index contributed by atoms with van der Waals surface area (Å²) in [7, 11) is 1.74. The van der Waals surface area contributed by atoms with Crippen LogP contribution in [0.15, 0.2) is 27.8 Å². The number of furan rings is 1. The SMILES string of the molecule is CCC(=O)N1CCC(NC(=NC)NCCc2nc(-c3ccco3)n[nH]2)C1.I. The minimum atomic E-state index is 0. The largest absolute Gasteiger partial charge is 0.461 e. The Kier molecular flexibility index (Phi) is 8.07. The van der Waals surface area contributed by atoms with E-state index in [9.17, 15) is 4.79 Å². The summed E-state index contributed by atoms with van der Waals surface area (Å²) in [6, 6.07) is 3.86. The van der Waals surface area contributed by atoms with Gasteiger partial charge in [-0.15, -0.1) is 24.0 Å². The second-order valence-electron chi connectivity index (χ2n) is 6.16. The van der Waals surface area contributed by atoms with E-state index in [1.54, 1.807) is 19.4 Å². The first kappa shape index (κ1) is 21.2. The Bertz CT molecular complexity index is 744. The smallest absolute Gasteiger partial charge is 0.222 e. The van der Waals surface area contributed by atoms with Gasteiger partial charge in [0.2, 0.25) is 11.7 Å². The van der Waals surface area contributed by atoms with E-state index in [-0.39, 0.29) is 35.9 Å². The lowest BCUT2D eigenvalue weighted by atomic mass is 10.3. The van der Waals surface area contributed by atoms with Crippen molar-refractivity contribution in [1.82, 2.24) is 30.7 Å². The van der Waals surface area contributed by atoms with Crippen LogP contribution >= 0.6 is 24.0 Å². The van der Waals surface area contributed by atoms with Crippen molar-refractivity contribution >= 4 is 35.8 Å². The Hall–Kier alpha value is -2.11. The van der Waals surface area contributed by atoms with Gasteiger partial charge in [-0.05, 0) is 18.6 Å². The van der Waals surface area contributed by atoms with Gasteiger partial charge in [-0.3, -0.25) is 14.9 Å². The lowest BCUT2D eigenvalue weighted by molar-refractivity contribution is -0.129. The summed E-state index contributed by atoms with van der Waals surface area (Å²) in [4.78, 5) is 22.3. The fourth-order valence-electron chi connectivity index (χ4n) is 2.94. The second kappa shape index (κ2) is 10.3. The van der Waals surface area contributed by atoms with Crippen LogP contribution in [-0.4, -0.2) is 64.7 Å². The summed E-state index contributed by atoms with van der Waals surface area (Å²) in [5, 5.41) is 13.7. The third-order valence-corrected chi connectivity index (χ3v) is 4.34. The van der Waals surface area contributed by atoms with Crippen molar-refractivity contribution < 1.29 is 9.21 Å². The molecule has 3 heterocycles. The van der Waals surface area contributed by atoms with Gasteiger partial charge in [0, 0.05) is 45.6 Å². The van der Waals surface area contributed by atoms with Gasteiger partial charge in [-0.25, -0.2) is 4.98 Å². The van der Waals surface area contributed by atoms with E-state index in [0.717, 1.165) is 31.3 Å². The first-order valence-corrected chi connectivity index (χ1v) is 8.89. The molecule has 2 aromatic heterocycles. The number of hydrogen-bond acceptors (Lipinski definition) is 5. The minimum Gasteiger partial charge on any atom is -0.461 e. The van der Waals surface area contributed by atoms with E-state index in [1.807, 2.05) is 17.9 Å². The van der Waals surface area contributed by atoms with Crippen molar-refractivity contribution in [3.05, 3.63) is 24.2 Å². The highest BCUT2D eigenvalue weighted by Crippen LogP contribution is 2.14. The van der Waals surface area contributed by atoms with Crippen LogP contribution < -0.4 is 10.6 Å². The molecule has 0 saturated carbocycles. The first-order valence-electron chi connectivity index (χ1n) is 8.89. The molecule has 3 rings (SSSR count). The van der Waals surface area contributed by atoms with E-state index in [1.165, 1.54) is 0 Å². The molecular formula is C17H26IN7O2. The Morgan fingerprint density at radius 2 is 2.37 bits per heavy atom. The van der Waals surface area contributed by atoms with Crippen LogP contribution in [0.5, 0.6) is 0 Å². The highest BCUT2D eigenvalue weighted by Gasteiger charge is 2.25. The number of carbonyl (C=O) groups excluding carboxylic acids is 1. The van der Waals surface area contributed by atoms with Gasteiger partial charge in [0.15, 0.2) is 11.7 Å². The quantitative estimate of drug-likeness (QED) is 0.323. The van der Waals surface area contributed by atoms with Gasteiger partial charge in [0.1, 0.15) is 5.82 Å². The molecule has 0 aromatic carbocycles. The van der Waals surface area contributed by atoms with E-state index in [2.05, 4.69) is 30.8 Å². The molecule has 0 aliphatic carbocycles. The fraction of sp³-hybridized carbons (Fsp3) is 0.529. The molecule has 3 N–H and O–H groups in total. The Morgan fingerprint density at radius 1 is 1.52 bits per heavy atom. The molecule has 1 amide bonds. The molecule has 27 heavy (non-hydrogen) atoms. The average Bonchev–Trinajstić information content (AvgIpc) is 3.40. The normalized spacial score (nSPS) is 16.9. The molecule has 0 spiro atoms. The Balaban J connectivity index is 0.00000261. The van der Waals surface area contributed by atoms with Crippen LogP contribution in [0.1, 0.15) is 25.6 Å². The van der Waals surface area contributed by atoms with Gasteiger partial charge >= 0.3 is 0 Å². The molecule has 10 heteroatoms. The number of likely N-dealkylation sites (tertiary alicyclic amines) is 1. The van der Waals surface area contributed by atoms with Crippen LogP contribution in [0, 0.1) is 0 Å². The van der Waals surface area contributed by atoms with Gasteiger partial charge in [-0.2, -0.15) is 5.10 Å². The fourth-order valence-corrected chi connectivity index (χ4v) is 2.94. The van der Waals surface area contributed by atoms with Crippen molar-refractivity contribution in [2.75, 3.05) is 26.7 Å². The van der Waals surface area contributed by atoms with Crippen LogP contribution in [0.25, 0.3) is 11.6 Å². The number of aromatic nitrogens is 3. The molecule has 1 saturated heterocycles. The van der Waals surface area contributed by atoms with E-state index < -0.39 is 0 Å². The zero-order chi connectivity index (χ0) is 18.4. The van der Waals surface area contributed by atoms with Crippen molar-refractivity contribution in [2.24, 2.45) is 4.99 Å². The summed E-state index contributed by atoms with van der Waals surface area (Å²) in [6.45, 7) is 4.08. The maximum absolute atomic E-state index is 11.8. The number of rotatable bonds is 6. The zero-order valence-electron chi connectivity index (χ0n) is 15.6. The topological polar surface area (TPSA) is 111 Å². The number of guanidine groups is 1. The Labute approximate surface area is 175 Å². The average molecular weight is 487 g/mol. The number of H-pyrrole nitrogens is 1. The van der Waals surface area contributed by atoms with Crippen LogP contribution in [0.4, 0.5) is 0 Å². The summed E-state index contributed by atoms with van der Waals surface area (Å²) < 4.78 is 5.28. The molecule has 0 radical (unpaired) electrons. The molecule has 1 aliphatic heterocycles. The number of amides is 1. The highest BCUT2D eigenvalue weighted by molar-refractivity contribution is 14.0. The van der Waals surface area contributed by atoms with Gasteiger partial charge in [-0.1, -0.05) is 6.92 Å². The number of hydrogen-bond donors (Lipinski definition) is 3. The van der Waals surface area contributed by atoms with E-state index >= 15 is 0 Å². The number of nitrogens with one attached hydrogen (secondary N) is 3. The third-order valence-electron chi connectivity index (χ3n) is 4.34.